The Balaban J connectivity index is 1.72. The van der Waals surface area contributed by atoms with Crippen LogP contribution in [0.25, 0.3) is 11.3 Å². The summed E-state index contributed by atoms with van der Waals surface area (Å²) in [6.07, 6.45) is 0. The Hall–Kier alpha value is -1.19. The quantitative estimate of drug-likeness (QED) is 0.393. The molecule has 3 aromatic heterocycles. The summed E-state index contributed by atoms with van der Waals surface area (Å²) in [6, 6.07) is 21.4. The highest BCUT2D eigenvalue weighted by Gasteiger charge is 2.18. The zero-order valence-corrected chi connectivity index (χ0v) is 16.1. The minimum Gasteiger partial charge on any atom is -0.449 e. The van der Waals surface area contributed by atoms with Crippen LogP contribution in [0.15, 0.2) is 80.5 Å². The highest BCUT2D eigenvalue weighted by atomic mass is 79.9. The third-order valence-corrected chi connectivity index (χ3v) is 8.93. The zero-order chi connectivity index (χ0) is 15.6. The van der Waals surface area contributed by atoms with Crippen molar-refractivity contribution in [3.63, 3.8) is 0 Å². The van der Waals surface area contributed by atoms with Crippen LogP contribution in [-0.2, 0) is 0 Å². The first-order valence-electron chi connectivity index (χ1n) is 7.04. The number of halogens is 1. The van der Waals surface area contributed by atoms with Gasteiger partial charge in [-0.25, -0.2) is 0 Å². The predicted octanol–water partition coefficient (Wildman–Crippen LogP) is 5.59. The maximum atomic E-state index is 5.64. The van der Waals surface area contributed by atoms with Crippen LogP contribution < -0.4 is 14.5 Å². The number of benzene rings is 1. The molecule has 0 fully saturated rings. The van der Waals surface area contributed by atoms with E-state index in [0.29, 0.717) is 0 Å². The molecule has 0 saturated heterocycles. The first-order chi connectivity index (χ1) is 11.3. The molecule has 5 heteroatoms. The summed E-state index contributed by atoms with van der Waals surface area (Å²) < 4.78 is 9.28. The van der Waals surface area contributed by atoms with E-state index in [4.69, 9.17) is 4.42 Å². The third-order valence-electron chi connectivity index (χ3n) is 3.44. The summed E-state index contributed by atoms with van der Waals surface area (Å²) in [7, 11) is -0.451. The molecule has 23 heavy (non-hydrogen) atoms. The van der Waals surface area contributed by atoms with Crippen LogP contribution in [0.5, 0.6) is 0 Å². The number of rotatable bonds is 4. The normalized spacial score (nSPS) is 11.2. The van der Waals surface area contributed by atoms with Crippen molar-refractivity contribution in [2.24, 2.45) is 0 Å². The van der Waals surface area contributed by atoms with Crippen LogP contribution in [0.2, 0.25) is 0 Å². The van der Waals surface area contributed by atoms with Gasteiger partial charge in [0.05, 0.1) is 0 Å². The fourth-order valence-electron chi connectivity index (χ4n) is 2.40. The molecule has 0 bridgehead atoms. The number of furan rings is 1. The van der Waals surface area contributed by atoms with Crippen LogP contribution in [0.3, 0.4) is 0 Å². The van der Waals surface area contributed by atoms with E-state index in [1.165, 1.54) is 14.5 Å². The van der Waals surface area contributed by atoms with Gasteiger partial charge in [-0.05, 0) is 56.3 Å². The van der Waals surface area contributed by atoms with Crippen molar-refractivity contribution >= 4 is 61.1 Å². The van der Waals surface area contributed by atoms with Crippen molar-refractivity contribution in [1.82, 2.24) is 0 Å². The monoisotopic (exact) mass is 418 g/mol. The minimum atomic E-state index is -0.451. The number of thiophene rings is 2. The second kappa shape index (κ2) is 6.74. The topological polar surface area (TPSA) is 13.1 Å². The first-order valence-corrected chi connectivity index (χ1v) is 10.9. The van der Waals surface area contributed by atoms with E-state index in [9.17, 15) is 0 Å². The summed E-state index contributed by atoms with van der Waals surface area (Å²) >= 11 is 7.04. The molecule has 0 aliphatic carbocycles. The molecule has 0 unspecified atom stereocenters. The zero-order valence-electron chi connectivity index (χ0n) is 12.0. The molecule has 0 saturated carbocycles. The van der Waals surface area contributed by atoms with Gasteiger partial charge in [-0.2, -0.15) is 0 Å². The molecule has 0 N–H and O–H groups in total. The van der Waals surface area contributed by atoms with Crippen LogP contribution in [0, 0.1) is 0 Å². The smallest absolute Gasteiger partial charge is 0.169 e. The fraction of sp³-hybridized carbons (Fsp3) is 0. The SMILES string of the molecule is Brc1ccc(-c2ccc(P(c3cccs3)c3cccs3)cc2)o1. The van der Waals surface area contributed by atoms with Crippen molar-refractivity contribution < 1.29 is 4.42 Å². The maximum Gasteiger partial charge on any atom is 0.169 e. The van der Waals surface area contributed by atoms with E-state index in [-0.39, 0.29) is 0 Å². The van der Waals surface area contributed by atoms with Crippen LogP contribution in [0.1, 0.15) is 0 Å². The summed E-state index contributed by atoms with van der Waals surface area (Å²) in [5, 5.41) is 5.69. The predicted molar refractivity (Wildman–Crippen MR) is 106 cm³/mol. The average molecular weight is 419 g/mol. The molecule has 4 rings (SSSR count). The third kappa shape index (κ3) is 3.22. The van der Waals surface area contributed by atoms with E-state index >= 15 is 0 Å². The molecule has 0 atom stereocenters. The summed E-state index contributed by atoms with van der Waals surface area (Å²) in [6.45, 7) is 0. The Morgan fingerprint density at radius 1 is 0.783 bits per heavy atom. The second-order valence-electron chi connectivity index (χ2n) is 4.89. The molecule has 3 heterocycles. The minimum absolute atomic E-state index is 0.451. The van der Waals surface area contributed by atoms with Gasteiger partial charge >= 0.3 is 0 Å². The molecule has 4 aromatic rings. The van der Waals surface area contributed by atoms with Gasteiger partial charge in [-0.1, -0.05) is 36.4 Å². The van der Waals surface area contributed by atoms with Gasteiger partial charge in [0.2, 0.25) is 0 Å². The Morgan fingerprint density at radius 3 is 1.91 bits per heavy atom. The van der Waals surface area contributed by atoms with Crippen molar-refractivity contribution in [1.29, 1.82) is 0 Å². The summed E-state index contributed by atoms with van der Waals surface area (Å²) in [4.78, 5) is 0. The van der Waals surface area contributed by atoms with Gasteiger partial charge in [-0.3, -0.25) is 0 Å². The molecule has 0 amide bonds. The number of hydrogen-bond acceptors (Lipinski definition) is 3. The molecular formula is C18H12BrOPS2. The van der Waals surface area contributed by atoms with Crippen molar-refractivity contribution in [2.45, 2.75) is 0 Å². The number of hydrogen-bond donors (Lipinski definition) is 0. The largest absolute Gasteiger partial charge is 0.449 e. The van der Waals surface area contributed by atoms with Crippen LogP contribution in [0.4, 0.5) is 0 Å². The van der Waals surface area contributed by atoms with E-state index < -0.39 is 7.92 Å². The van der Waals surface area contributed by atoms with Gasteiger partial charge in [0.25, 0.3) is 0 Å². The van der Waals surface area contributed by atoms with Crippen LogP contribution >= 0.6 is 46.5 Å². The molecule has 1 nitrogen and oxygen atoms in total. The molecular weight excluding hydrogens is 407 g/mol. The van der Waals surface area contributed by atoms with Crippen molar-refractivity contribution in [2.75, 3.05) is 0 Å². The molecule has 0 aliphatic heterocycles. The second-order valence-corrected chi connectivity index (χ2v) is 10.3. The molecule has 114 valence electrons. The van der Waals surface area contributed by atoms with Gasteiger partial charge in [0.15, 0.2) is 4.67 Å². The van der Waals surface area contributed by atoms with Gasteiger partial charge in [0.1, 0.15) is 5.76 Å². The summed E-state index contributed by atoms with van der Waals surface area (Å²) in [5.74, 6) is 0.889. The summed E-state index contributed by atoms with van der Waals surface area (Å²) in [5.41, 5.74) is 1.10. The van der Waals surface area contributed by atoms with E-state index in [2.05, 4.69) is 75.2 Å². The maximum absolute atomic E-state index is 5.64. The first kappa shape index (κ1) is 15.3. The van der Waals surface area contributed by atoms with Crippen molar-refractivity contribution in [3.05, 3.63) is 76.1 Å². The van der Waals surface area contributed by atoms with Gasteiger partial charge < -0.3 is 4.42 Å². The Kier molecular flexibility index (Phi) is 4.50. The molecule has 0 spiro atoms. The van der Waals surface area contributed by atoms with Crippen LogP contribution in [-0.4, -0.2) is 0 Å². The van der Waals surface area contributed by atoms with E-state index in [0.717, 1.165) is 16.0 Å². The van der Waals surface area contributed by atoms with E-state index in [1.54, 1.807) is 0 Å². The highest BCUT2D eigenvalue weighted by Crippen LogP contribution is 2.37. The molecule has 0 radical (unpaired) electrons. The lowest BCUT2D eigenvalue weighted by Crippen LogP contribution is -2.16. The Labute approximate surface area is 152 Å². The average Bonchev–Trinajstić information content (AvgIpc) is 3.31. The standard InChI is InChI=1S/C18H12BrOPS2/c19-16-10-9-15(20-16)13-5-7-14(8-6-13)21(17-3-1-11-22-17)18-4-2-12-23-18/h1-12H. The molecule has 1 aromatic carbocycles. The Morgan fingerprint density at radius 2 is 1.43 bits per heavy atom. The highest BCUT2D eigenvalue weighted by molar-refractivity contribution is 9.10. The van der Waals surface area contributed by atoms with Gasteiger partial charge in [0, 0.05) is 22.7 Å². The lowest BCUT2D eigenvalue weighted by molar-refractivity contribution is 0.556. The fourth-order valence-corrected chi connectivity index (χ4v) is 7.86. The van der Waals surface area contributed by atoms with E-state index in [1.807, 2.05) is 34.8 Å². The lowest BCUT2D eigenvalue weighted by atomic mass is 10.2. The lowest BCUT2D eigenvalue weighted by Gasteiger charge is -2.15. The molecule has 0 aliphatic rings. The Bertz CT molecular complexity index is 845. The van der Waals surface area contributed by atoms with Crippen molar-refractivity contribution in [3.8, 4) is 11.3 Å². The van der Waals surface area contributed by atoms with Gasteiger partial charge in [-0.15, -0.1) is 22.7 Å².